The Kier molecular flexibility index (Phi) is 12.4. The lowest BCUT2D eigenvalue weighted by Crippen LogP contribution is -1.95. The van der Waals surface area contributed by atoms with Gasteiger partial charge in [0.05, 0.1) is 0 Å². The molecule has 0 atom stereocenters. The Morgan fingerprint density at radius 1 is 0.639 bits per heavy atom. The lowest BCUT2D eigenvalue weighted by atomic mass is 9.92. The fraction of sp³-hybridized carbons (Fsp3) is 0.0536. The van der Waals surface area contributed by atoms with Crippen LogP contribution in [0.25, 0.3) is 65.7 Å². The van der Waals surface area contributed by atoms with Gasteiger partial charge in [-0.05, 0) is 113 Å². The minimum Gasteiger partial charge on any atom is -0.456 e. The summed E-state index contributed by atoms with van der Waals surface area (Å²) in [7, 11) is 0. The van der Waals surface area contributed by atoms with E-state index in [2.05, 4.69) is 177 Å². The van der Waals surface area contributed by atoms with Gasteiger partial charge in [0, 0.05) is 26.1 Å². The van der Waals surface area contributed by atoms with Crippen LogP contribution in [0.3, 0.4) is 0 Å². The van der Waals surface area contributed by atoms with Crippen LogP contribution in [-0.2, 0) is 6.42 Å². The van der Waals surface area contributed by atoms with E-state index in [0.717, 1.165) is 33.5 Å². The van der Waals surface area contributed by atoms with Crippen molar-refractivity contribution in [1.82, 2.24) is 0 Å². The standard InChI is InChI=1S/C33H22O.C16H15N3S.C7H8/c1-21-13-15-22(16-14-21)26-11-6-12-32-33(26)30-20-24(17-18-31(30)34-32)29-19-23-7-2-3-8-25(23)27-9-4-5-10-28(27)29;1-12-10-14(16(17)19-11-18-2)8-5-7-13-6-3-4-9-15(13)20-12;1-7-5-3-2-4-6-7/h2-20H,1H3;3-6,8-11,17H,1-2,7H2;2-6H,1H3/b;8-5-,14-10+,17-16?,19-11?;. The Morgan fingerprint density at radius 3 is 2.10 bits per heavy atom. The second-order valence-corrected chi connectivity index (χ2v) is 16.0. The number of fused-ring (bicyclic) bond motifs is 7. The molecule has 61 heavy (non-hydrogen) atoms. The van der Waals surface area contributed by atoms with Gasteiger partial charge in [-0.3, -0.25) is 10.4 Å². The first-order valence-corrected chi connectivity index (χ1v) is 21.0. The highest BCUT2D eigenvalue weighted by Crippen LogP contribution is 2.41. The second kappa shape index (κ2) is 18.7. The van der Waals surface area contributed by atoms with Crippen molar-refractivity contribution in [2.75, 3.05) is 0 Å². The third-order valence-corrected chi connectivity index (χ3v) is 11.6. The maximum absolute atomic E-state index is 7.92. The molecular formula is C56H45N3OS. The number of hydrogen-bond donors (Lipinski definition) is 1. The smallest absolute Gasteiger partial charge is 0.153 e. The largest absolute Gasteiger partial charge is 0.456 e. The molecule has 0 saturated heterocycles. The molecule has 0 amide bonds. The van der Waals surface area contributed by atoms with Gasteiger partial charge < -0.3 is 4.42 Å². The highest BCUT2D eigenvalue weighted by atomic mass is 32.2. The van der Waals surface area contributed by atoms with Gasteiger partial charge in [-0.25, -0.2) is 4.99 Å². The molecule has 0 bridgehead atoms. The molecule has 0 radical (unpaired) electrons. The van der Waals surface area contributed by atoms with Crippen molar-refractivity contribution in [2.45, 2.75) is 25.2 Å². The van der Waals surface area contributed by atoms with E-state index in [1.165, 1.54) is 77.1 Å². The molecule has 2 heterocycles. The molecule has 1 aliphatic rings. The summed E-state index contributed by atoms with van der Waals surface area (Å²) in [6.07, 6.45) is 7.90. The summed E-state index contributed by atoms with van der Waals surface area (Å²) in [5.41, 5.74) is 11.3. The lowest BCUT2D eigenvalue weighted by Gasteiger charge is -2.11. The summed E-state index contributed by atoms with van der Waals surface area (Å²) in [4.78, 5) is 9.51. The van der Waals surface area contributed by atoms with Crippen molar-refractivity contribution in [1.29, 1.82) is 5.41 Å². The fourth-order valence-electron chi connectivity index (χ4n) is 7.59. The number of benzene rings is 8. The molecule has 1 aromatic heterocycles. The Balaban J connectivity index is 0.000000160. The summed E-state index contributed by atoms with van der Waals surface area (Å²) in [5, 5.41) is 15.4. The van der Waals surface area contributed by atoms with Crippen LogP contribution >= 0.6 is 11.8 Å². The van der Waals surface area contributed by atoms with E-state index in [0.29, 0.717) is 0 Å². The Hall–Kier alpha value is -7.34. The lowest BCUT2D eigenvalue weighted by molar-refractivity contribution is 0.669. The van der Waals surface area contributed by atoms with Gasteiger partial charge in [0.25, 0.3) is 0 Å². The molecule has 0 fully saturated rings. The first-order chi connectivity index (χ1) is 29.9. The summed E-state index contributed by atoms with van der Waals surface area (Å²) >= 11 is 1.61. The van der Waals surface area contributed by atoms with Crippen LogP contribution in [0.1, 0.15) is 16.7 Å². The van der Waals surface area contributed by atoms with E-state index in [-0.39, 0.29) is 5.84 Å². The molecule has 1 aliphatic heterocycles. The van der Waals surface area contributed by atoms with Crippen molar-refractivity contribution in [3.63, 3.8) is 0 Å². The number of rotatable bonds is 4. The fourth-order valence-corrected chi connectivity index (χ4v) is 8.49. The molecule has 0 unspecified atom stereocenters. The van der Waals surface area contributed by atoms with Crippen LogP contribution < -0.4 is 0 Å². The topological polar surface area (TPSA) is 61.7 Å². The zero-order valence-corrected chi connectivity index (χ0v) is 35.1. The van der Waals surface area contributed by atoms with E-state index < -0.39 is 0 Å². The van der Waals surface area contributed by atoms with Crippen LogP contribution in [0.4, 0.5) is 0 Å². The van der Waals surface area contributed by atoms with Crippen LogP contribution in [0.15, 0.2) is 224 Å². The summed E-state index contributed by atoms with van der Waals surface area (Å²) < 4.78 is 6.29. The predicted octanol–water partition coefficient (Wildman–Crippen LogP) is 15.6. The van der Waals surface area contributed by atoms with Gasteiger partial charge in [-0.1, -0.05) is 181 Å². The van der Waals surface area contributed by atoms with Crippen molar-refractivity contribution in [3.05, 3.63) is 222 Å². The Bertz CT molecular complexity index is 3150. The van der Waals surface area contributed by atoms with Gasteiger partial charge in [-0.15, -0.1) is 0 Å². The summed E-state index contributed by atoms with van der Waals surface area (Å²) in [5.74, 6) is 0.154. The van der Waals surface area contributed by atoms with Crippen molar-refractivity contribution in [3.8, 4) is 22.3 Å². The van der Waals surface area contributed by atoms with Gasteiger partial charge in [0.2, 0.25) is 0 Å². The van der Waals surface area contributed by atoms with E-state index in [9.17, 15) is 0 Å². The Morgan fingerprint density at radius 2 is 1.33 bits per heavy atom. The molecule has 9 aromatic rings. The maximum Gasteiger partial charge on any atom is 0.153 e. The van der Waals surface area contributed by atoms with Crippen LogP contribution in [-0.4, -0.2) is 18.9 Å². The zero-order valence-electron chi connectivity index (χ0n) is 34.3. The number of thioether (sulfide) groups is 1. The molecule has 1 N–H and O–H groups in total. The summed E-state index contributed by atoms with van der Waals surface area (Å²) in [6.45, 7) is 11.6. The third-order valence-electron chi connectivity index (χ3n) is 10.6. The average Bonchev–Trinajstić information content (AvgIpc) is 3.70. The molecule has 10 rings (SSSR count). The van der Waals surface area contributed by atoms with E-state index in [1.54, 1.807) is 11.8 Å². The SMILES string of the molecule is C=NC=NC(=N)C1=C/C(=C)Sc2ccccc2C/C=C\1.Cc1ccc(-c2cccc3oc4ccc(-c5cc6ccccc6c6ccccc56)cc4c23)cc1.Cc1ccccc1. The van der Waals surface area contributed by atoms with Gasteiger partial charge >= 0.3 is 0 Å². The molecule has 4 nitrogen and oxygen atoms in total. The van der Waals surface area contributed by atoms with Gasteiger partial charge in [-0.2, -0.15) is 0 Å². The predicted molar refractivity (Wildman–Crippen MR) is 264 cm³/mol. The van der Waals surface area contributed by atoms with Crippen LogP contribution in [0, 0.1) is 19.3 Å². The Labute approximate surface area is 361 Å². The molecule has 296 valence electrons. The first-order valence-electron chi connectivity index (χ1n) is 20.2. The molecule has 8 aromatic carbocycles. The second-order valence-electron chi connectivity index (χ2n) is 14.9. The van der Waals surface area contributed by atoms with E-state index >= 15 is 0 Å². The number of aryl methyl sites for hydroxylation is 2. The highest BCUT2D eigenvalue weighted by molar-refractivity contribution is 8.03. The van der Waals surface area contributed by atoms with Crippen LogP contribution in [0.5, 0.6) is 0 Å². The van der Waals surface area contributed by atoms with Crippen molar-refractivity contribution < 1.29 is 4.42 Å². The van der Waals surface area contributed by atoms with Gasteiger partial charge in [0.1, 0.15) is 17.5 Å². The third kappa shape index (κ3) is 9.28. The molecule has 0 saturated carbocycles. The number of hydrogen-bond acceptors (Lipinski definition) is 3. The number of nitrogens with one attached hydrogen (secondary N) is 1. The molecule has 0 aliphatic carbocycles. The zero-order chi connectivity index (χ0) is 42.1. The van der Waals surface area contributed by atoms with Crippen molar-refractivity contribution in [2.24, 2.45) is 9.98 Å². The highest BCUT2D eigenvalue weighted by Gasteiger charge is 2.15. The van der Waals surface area contributed by atoms with Gasteiger partial charge in [0.15, 0.2) is 5.84 Å². The summed E-state index contributed by atoms with van der Waals surface area (Å²) in [6, 6.07) is 59.9. The average molecular weight is 808 g/mol. The first kappa shape index (κ1) is 40.4. The van der Waals surface area contributed by atoms with E-state index in [1.807, 2.05) is 48.6 Å². The molecular weight excluding hydrogens is 763 g/mol. The molecule has 5 heteroatoms. The van der Waals surface area contributed by atoms with Crippen molar-refractivity contribution >= 4 is 74.1 Å². The normalized spacial score (nSPS) is 13.8. The monoisotopic (exact) mass is 807 g/mol. The number of amidine groups is 1. The van der Waals surface area contributed by atoms with Crippen LogP contribution in [0.2, 0.25) is 0 Å². The number of nitrogens with zero attached hydrogens (tertiary/aromatic N) is 2. The van der Waals surface area contributed by atoms with E-state index in [4.69, 9.17) is 9.83 Å². The number of allylic oxidation sites excluding steroid dienone is 2. The maximum atomic E-state index is 7.92. The quantitative estimate of drug-likeness (QED) is 0.109. The minimum absolute atomic E-state index is 0.154. The minimum atomic E-state index is 0.154. The number of aliphatic imine (C=N–C) groups is 2. The number of furan rings is 1. The molecule has 0 spiro atoms.